The minimum atomic E-state index is 0.741. The number of rotatable bonds is 6. The summed E-state index contributed by atoms with van der Waals surface area (Å²) in [7, 11) is 5.54. The molecule has 0 aliphatic carbocycles. The molecule has 1 N–H and O–H groups in total. The molecule has 0 bridgehead atoms. The van der Waals surface area contributed by atoms with Gasteiger partial charge in [0.25, 0.3) is 0 Å². The van der Waals surface area contributed by atoms with Crippen LogP contribution in [0.4, 0.5) is 0 Å². The molecule has 25 heavy (non-hydrogen) atoms. The Hall–Kier alpha value is -2.04. The van der Waals surface area contributed by atoms with Crippen molar-refractivity contribution in [2.45, 2.75) is 13.1 Å². The van der Waals surface area contributed by atoms with E-state index in [1.807, 2.05) is 6.07 Å². The van der Waals surface area contributed by atoms with Gasteiger partial charge in [-0.05, 0) is 22.9 Å². The fourth-order valence-electron chi connectivity index (χ4n) is 3.19. The van der Waals surface area contributed by atoms with E-state index in [0.717, 1.165) is 29.1 Å². The summed E-state index contributed by atoms with van der Waals surface area (Å²) < 4.78 is 11.8. The lowest BCUT2D eigenvalue weighted by atomic mass is 10.0. The van der Waals surface area contributed by atoms with Crippen LogP contribution in [0.1, 0.15) is 11.1 Å². The normalized spacial score (nSPS) is 12.2. The van der Waals surface area contributed by atoms with Crippen LogP contribution in [-0.2, 0) is 13.1 Å². The molecule has 0 heterocycles. The first-order valence-corrected chi connectivity index (χ1v) is 9.10. The lowest BCUT2D eigenvalue weighted by Crippen LogP contribution is -3.06. The van der Waals surface area contributed by atoms with E-state index in [-0.39, 0.29) is 0 Å². The van der Waals surface area contributed by atoms with E-state index in [9.17, 15) is 0 Å². The molecule has 4 heteroatoms. The quantitative estimate of drug-likeness (QED) is 0.679. The third-order valence-electron chi connectivity index (χ3n) is 4.42. The fourth-order valence-corrected chi connectivity index (χ4v) is 3.65. The predicted octanol–water partition coefficient (Wildman–Crippen LogP) is 3.83. The first-order chi connectivity index (χ1) is 12.1. The highest BCUT2D eigenvalue weighted by molar-refractivity contribution is 9.10. The summed E-state index contributed by atoms with van der Waals surface area (Å²) in [6, 6.07) is 19.1. The highest BCUT2D eigenvalue weighted by atomic mass is 79.9. The average molecular weight is 401 g/mol. The topological polar surface area (TPSA) is 22.9 Å². The van der Waals surface area contributed by atoms with Crippen LogP contribution >= 0.6 is 15.9 Å². The van der Waals surface area contributed by atoms with Crippen LogP contribution in [0.3, 0.4) is 0 Å². The summed E-state index contributed by atoms with van der Waals surface area (Å²) in [4.78, 5) is 1.41. The Kier molecular flexibility index (Phi) is 5.61. The number of benzene rings is 3. The van der Waals surface area contributed by atoms with Crippen molar-refractivity contribution in [2.75, 3.05) is 21.3 Å². The van der Waals surface area contributed by atoms with Gasteiger partial charge in [0, 0.05) is 15.6 Å². The lowest BCUT2D eigenvalue weighted by molar-refractivity contribution is -0.907. The molecule has 0 saturated heterocycles. The summed E-state index contributed by atoms with van der Waals surface area (Å²) in [5, 5.41) is 2.62. The first kappa shape index (κ1) is 17.8. The van der Waals surface area contributed by atoms with E-state index in [0.29, 0.717) is 0 Å². The van der Waals surface area contributed by atoms with Gasteiger partial charge in [-0.15, -0.1) is 0 Å². The Bertz CT molecular complexity index is 874. The number of halogens is 1. The second kappa shape index (κ2) is 7.89. The van der Waals surface area contributed by atoms with E-state index in [2.05, 4.69) is 71.5 Å². The summed E-state index contributed by atoms with van der Waals surface area (Å²) in [6.45, 7) is 1.85. The minimum Gasteiger partial charge on any atom is -0.493 e. The van der Waals surface area contributed by atoms with Gasteiger partial charge in [-0.3, -0.25) is 0 Å². The molecule has 3 aromatic carbocycles. The van der Waals surface area contributed by atoms with Gasteiger partial charge in [-0.2, -0.15) is 0 Å². The molecule has 0 radical (unpaired) electrons. The Balaban J connectivity index is 1.82. The number of ether oxygens (including phenoxy) is 2. The van der Waals surface area contributed by atoms with Crippen LogP contribution in [0, 0.1) is 0 Å². The second-order valence-electron chi connectivity index (χ2n) is 6.25. The van der Waals surface area contributed by atoms with Gasteiger partial charge >= 0.3 is 0 Å². The standard InChI is InChI=1S/C21H22BrNO2/c1-23(13-16-9-6-8-15-7-4-5-10-18(15)16)14-17-11-20(24-2)21(25-3)12-19(17)22/h4-12H,13-14H2,1-3H3/p+1. The van der Waals surface area contributed by atoms with Crippen LogP contribution in [0.2, 0.25) is 0 Å². The van der Waals surface area contributed by atoms with E-state index >= 15 is 0 Å². The monoisotopic (exact) mass is 400 g/mol. The van der Waals surface area contributed by atoms with Crippen molar-refractivity contribution in [2.24, 2.45) is 0 Å². The molecule has 0 saturated carbocycles. The van der Waals surface area contributed by atoms with E-state index in [1.165, 1.54) is 26.8 Å². The van der Waals surface area contributed by atoms with Crippen LogP contribution < -0.4 is 14.4 Å². The minimum absolute atomic E-state index is 0.741. The van der Waals surface area contributed by atoms with Crippen molar-refractivity contribution in [3.8, 4) is 11.5 Å². The third kappa shape index (κ3) is 3.97. The van der Waals surface area contributed by atoms with Gasteiger partial charge < -0.3 is 14.4 Å². The predicted molar refractivity (Wildman–Crippen MR) is 105 cm³/mol. The van der Waals surface area contributed by atoms with Crippen molar-refractivity contribution in [1.82, 2.24) is 0 Å². The highest BCUT2D eigenvalue weighted by Crippen LogP contribution is 2.33. The number of hydrogen-bond donors (Lipinski definition) is 1. The maximum absolute atomic E-state index is 5.43. The summed E-state index contributed by atoms with van der Waals surface area (Å²) in [5.41, 5.74) is 2.57. The van der Waals surface area contributed by atoms with Gasteiger partial charge in [0.2, 0.25) is 0 Å². The molecule has 0 aliphatic heterocycles. The number of nitrogens with one attached hydrogen (secondary N) is 1. The number of fused-ring (bicyclic) bond motifs is 1. The summed E-state index contributed by atoms with van der Waals surface area (Å²) in [6.07, 6.45) is 0. The Morgan fingerprint density at radius 3 is 2.24 bits per heavy atom. The number of hydrogen-bond acceptors (Lipinski definition) is 2. The van der Waals surface area contributed by atoms with Gasteiger partial charge in [-0.25, -0.2) is 0 Å². The Morgan fingerprint density at radius 2 is 1.48 bits per heavy atom. The molecule has 0 aliphatic rings. The SMILES string of the molecule is COc1cc(Br)c(C[NH+](C)Cc2cccc3ccccc23)cc1OC. The molecule has 0 spiro atoms. The van der Waals surface area contributed by atoms with Gasteiger partial charge in [0.1, 0.15) is 13.1 Å². The fraction of sp³-hybridized carbons (Fsp3) is 0.238. The maximum atomic E-state index is 5.43. The second-order valence-corrected chi connectivity index (χ2v) is 7.10. The van der Waals surface area contributed by atoms with Crippen molar-refractivity contribution < 1.29 is 14.4 Å². The van der Waals surface area contributed by atoms with Crippen LogP contribution in [0.15, 0.2) is 59.1 Å². The molecule has 1 unspecified atom stereocenters. The summed E-state index contributed by atoms with van der Waals surface area (Å²) in [5.74, 6) is 1.50. The molecule has 3 aromatic rings. The molecule has 130 valence electrons. The average Bonchev–Trinajstić information content (AvgIpc) is 2.63. The van der Waals surface area contributed by atoms with Crippen molar-refractivity contribution in [1.29, 1.82) is 0 Å². The van der Waals surface area contributed by atoms with Gasteiger partial charge in [-0.1, -0.05) is 58.4 Å². The van der Waals surface area contributed by atoms with E-state index in [4.69, 9.17) is 9.47 Å². The third-order valence-corrected chi connectivity index (χ3v) is 5.16. The van der Waals surface area contributed by atoms with Gasteiger partial charge in [0.15, 0.2) is 11.5 Å². The zero-order chi connectivity index (χ0) is 17.8. The molecule has 3 rings (SSSR count). The lowest BCUT2D eigenvalue weighted by Gasteiger charge is -2.18. The van der Waals surface area contributed by atoms with E-state index < -0.39 is 0 Å². The summed E-state index contributed by atoms with van der Waals surface area (Å²) >= 11 is 3.66. The molecule has 0 fully saturated rings. The van der Waals surface area contributed by atoms with Crippen molar-refractivity contribution >= 4 is 26.7 Å². The molecular weight excluding hydrogens is 378 g/mol. The smallest absolute Gasteiger partial charge is 0.161 e. The van der Waals surface area contributed by atoms with Crippen LogP contribution in [-0.4, -0.2) is 21.3 Å². The Morgan fingerprint density at radius 1 is 0.840 bits per heavy atom. The van der Waals surface area contributed by atoms with Crippen molar-refractivity contribution in [3.63, 3.8) is 0 Å². The number of methoxy groups -OCH3 is 2. The molecule has 0 amide bonds. The molecule has 0 aromatic heterocycles. The largest absolute Gasteiger partial charge is 0.493 e. The molecule has 3 nitrogen and oxygen atoms in total. The maximum Gasteiger partial charge on any atom is 0.161 e. The zero-order valence-electron chi connectivity index (χ0n) is 14.8. The zero-order valence-corrected chi connectivity index (χ0v) is 16.4. The van der Waals surface area contributed by atoms with Crippen LogP contribution in [0.5, 0.6) is 11.5 Å². The highest BCUT2D eigenvalue weighted by Gasteiger charge is 2.14. The van der Waals surface area contributed by atoms with Crippen molar-refractivity contribution in [3.05, 3.63) is 70.2 Å². The van der Waals surface area contributed by atoms with Gasteiger partial charge in [0.05, 0.1) is 21.3 Å². The molecule has 1 atom stereocenters. The number of quaternary nitrogens is 1. The van der Waals surface area contributed by atoms with E-state index in [1.54, 1.807) is 14.2 Å². The first-order valence-electron chi connectivity index (χ1n) is 8.30. The Labute approximate surface area is 157 Å². The van der Waals surface area contributed by atoms with Crippen LogP contribution in [0.25, 0.3) is 10.8 Å². The molecular formula is C21H23BrNO2+.